The lowest BCUT2D eigenvalue weighted by Gasteiger charge is -2.44. The third kappa shape index (κ3) is 6.52. The van der Waals surface area contributed by atoms with E-state index in [1.54, 1.807) is 24.3 Å². The summed E-state index contributed by atoms with van der Waals surface area (Å²) in [4.78, 5) is 26.7. The Bertz CT molecular complexity index is 1570. The van der Waals surface area contributed by atoms with Crippen LogP contribution >= 0.6 is 0 Å². The molecule has 0 radical (unpaired) electrons. The average molecular weight is 623 g/mol. The first-order valence-electron chi connectivity index (χ1n) is 16.5. The van der Waals surface area contributed by atoms with E-state index in [2.05, 4.69) is 126 Å². The van der Waals surface area contributed by atoms with E-state index in [9.17, 15) is 9.59 Å². The Labute approximate surface area is 278 Å². The molecule has 0 N–H and O–H groups in total. The number of carbonyl (C=O) groups is 2. The molecule has 5 aromatic rings. The second-order valence-electron chi connectivity index (χ2n) is 12.6. The number of piperidine rings is 1. The Morgan fingerprint density at radius 3 is 1.43 bits per heavy atom. The number of benzene rings is 5. The molecule has 0 saturated carbocycles. The minimum Gasteiger partial charge on any atom is -0.469 e. The molecular formula is C41H41BNO4-. The Morgan fingerprint density at radius 2 is 1.02 bits per heavy atom. The van der Waals surface area contributed by atoms with E-state index in [4.69, 9.17) is 9.47 Å². The van der Waals surface area contributed by atoms with Crippen LogP contribution in [0.25, 0.3) is 0 Å². The van der Waals surface area contributed by atoms with E-state index in [0.717, 1.165) is 12.8 Å². The number of ether oxygens (including phenoxy) is 2. The average Bonchev–Trinajstić information content (AvgIpc) is 3.37. The van der Waals surface area contributed by atoms with Gasteiger partial charge in [-0.15, -0.1) is 0 Å². The standard InChI is InChI=1S/C24H20B.C17H21NO4/c1-5-13-21(14-6-1)25(22-15-7-2-8-16-22,23-17-9-3-10-18-23)24-19-11-4-12-20-24;1-18-12-8-9-13(18)15(17(20)21-2)14(10-12)22-16(19)11-6-4-3-5-7-11/h1-20H;3-7,12-15H,8-10H2,1-2H3/q-1;/t;12-,13+,14-,15+/m.0/s1. The van der Waals surface area contributed by atoms with Crippen LogP contribution in [0.3, 0.4) is 0 Å². The van der Waals surface area contributed by atoms with Crippen molar-refractivity contribution in [1.29, 1.82) is 0 Å². The lowest BCUT2D eigenvalue weighted by Crippen LogP contribution is -2.74. The molecule has 4 atom stereocenters. The molecular weight excluding hydrogens is 581 g/mol. The van der Waals surface area contributed by atoms with Crippen LogP contribution in [0.4, 0.5) is 0 Å². The molecule has 47 heavy (non-hydrogen) atoms. The molecule has 2 saturated heterocycles. The molecule has 0 amide bonds. The second kappa shape index (κ2) is 14.7. The number of rotatable bonds is 7. The van der Waals surface area contributed by atoms with Gasteiger partial charge in [-0.2, -0.15) is 21.9 Å². The van der Waals surface area contributed by atoms with Crippen LogP contribution in [0.1, 0.15) is 29.6 Å². The maximum atomic E-state index is 12.3. The van der Waals surface area contributed by atoms with Crippen molar-refractivity contribution in [2.45, 2.75) is 37.5 Å². The van der Waals surface area contributed by atoms with Crippen molar-refractivity contribution in [3.63, 3.8) is 0 Å². The molecule has 5 aromatic carbocycles. The number of esters is 2. The van der Waals surface area contributed by atoms with Crippen molar-refractivity contribution in [2.75, 3.05) is 14.2 Å². The molecule has 0 unspecified atom stereocenters. The van der Waals surface area contributed by atoms with Crippen LogP contribution < -0.4 is 21.9 Å². The fourth-order valence-electron chi connectivity index (χ4n) is 7.89. The van der Waals surface area contributed by atoms with E-state index in [1.165, 1.54) is 29.0 Å². The van der Waals surface area contributed by atoms with Crippen LogP contribution in [-0.2, 0) is 14.3 Å². The van der Waals surface area contributed by atoms with E-state index in [-0.39, 0.29) is 18.0 Å². The SMILES string of the molecule is COC(=O)[C@H]1[C@@H](OC(=O)c2ccccc2)C[C@@H]2CC[C@H]1N2C.c1ccc([B-](c2ccccc2)(c2ccccc2)c2ccccc2)cc1. The van der Waals surface area contributed by atoms with Crippen molar-refractivity contribution in [3.05, 3.63) is 157 Å². The third-order valence-corrected chi connectivity index (χ3v) is 10.2. The van der Waals surface area contributed by atoms with Gasteiger partial charge >= 0.3 is 11.9 Å². The van der Waals surface area contributed by atoms with E-state index < -0.39 is 18.2 Å². The molecule has 2 aliphatic heterocycles. The highest BCUT2D eigenvalue weighted by Crippen LogP contribution is 2.40. The molecule has 238 valence electrons. The molecule has 2 fully saturated rings. The zero-order valence-corrected chi connectivity index (χ0v) is 27.0. The number of carbonyl (C=O) groups excluding carboxylic acids is 2. The maximum Gasteiger partial charge on any atom is 0.338 e. The van der Waals surface area contributed by atoms with Gasteiger partial charge in [0.1, 0.15) is 18.2 Å². The summed E-state index contributed by atoms with van der Waals surface area (Å²) in [7, 11) is 3.42. The topological polar surface area (TPSA) is 55.8 Å². The highest BCUT2D eigenvalue weighted by molar-refractivity contribution is 7.19. The Morgan fingerprint density at radius 1 is 0.617 bits per heavy atom. The summed E-state index contributed by atoms with van der Waals surface area (Å²) in [6.45, 7) is 0. The number of hydrogen-bond donors (Lipinski definition) is 0. The Hall–Kier alpha value is -4.94. The van der Waals surface area contributed by atoms with E-state index in [0.29, 0.717) is 18.0 Å². The number of nitrogens with zero attached hydrogens (tertiary/aromatic N) is 1. The molecule has 2 bridgehead atoms. The first-order valence-corrected chi connectivity index (χ1v) is 16.5. The number of hydrogen-bond acceptors (Lipinski definition) is 5. The zero-order valence-electron chi connectivity index (χ0n) is 27.0. The van der Waals surface area contributed by atoms with Crippen LogP contribution in [0.15, 0.2) is 152 Å². The van der Waals surface area contributed by atoms with Gasteiger partial charge in [-0.1, -0.05) is 140 Å². The number of methoxy groups -OCH3 is 1. The lowest BCUT2D eigenvalue weighted by molar-refractivity contribution is -0.156. The molecule has 2 heterocycles. The largest absolute Gasteiger partial charge is 0.469 e. The Kier molecular flexibility index (Phi) is 9.99. The van der Waals surface area contributed by atoms with Crippen LogP contribution in [0, 0.1) is 5.92 Å². The summed E-state index contributed by atoms with van der Waals surface area (Å²) in [6.07, 6.45) is 1.04. The van der Waals surface area contributed by atoms with Gasteiger partial charge in [0, 0.05) is 18.5 Å². The fourth-order valence-corrected chi connectivity index (χ4v) is 7.89. The molecule has 2 aliphatic rings. The molecule has 7 rings (SSSR count). The smallest absolute Gasteiger partial charge is 0.338 e. The summed E-state index contributed by atoms with van der Waals surface area (Å²) in [6, 6.07) is 52.9. The summed E-state index contributed by atoms with van der Waals surface area (Å²) in [5.41, 5.74) is 5.87. The summed E-state index contributed by atoms with van der Waals surface area (Å²) >= 11 is 0. The first-order chi connectivity index (χ1) is 23.0. The predicted molar refractivity (Wildman–Crippen MR) is 190 cm³/mol. The van der Waals surface area contributed by atoms with Crippen LogP contribution in [0.2, 0.25) is 0 Å². The first kappa shape index (κ1) is 32.0. The van der Waals surface area contributed by atoms with Crippen molar-refractivity contribution in [1.82, 2.24) is 4.90 Å². The normalized spacial score (nSPS) is 20.4. The Balaban J connectivity index is 0.000000166. The minimum atomic E-state index is -1.22. The second-order valence-corrected chi connectivity index (χ2v) is 12.6. The number of fused-ring (bicyclic) bond motifs is 2. The molecule has 0 spiro atoms. The van der Waals surface area contributed by atoms with Crippen molar-refractivity contribution >= 4 is 39.9 Å². The van der Waals surface area contributed by atoms with Gasteiger partial charge in [0.2, 0.25) is 0 Å². The van der Waals surface area contributed by atoms with Gasteiger partial charge < -0.3 is 9.47 Å². The van der Waals surface area contributed by atoms with Gasteiger partial charge in [-0.25, -0.2) is 4.79 Å². The van der Waals surface area contributed by atoms with Gasteiger partial charge in [0.15, 0.2) is 0 Å². The fraction of sp³-hybridized carbons (Fsp3) is 0.220. The third-order valence-electron chi connectivity index (χ3n) is 10.2. The van der Waals surface area contributed by atoms with Gasteiger partial charge in [-0.05, 0) is 32.0 Å². The summed E-state index contributed by atoms with van der Waals surface area (Å²) in [5.74, 6) is -1.06. The summed E-state index contributed by atoms with van der Waals surface area (Å²) in [5, 5.41) is 0. The van der Waals surface area contributed by atoms with Crippen molar-refractivity contribution in [2.24, 2.45) is 5.92 Å². The van der Waals surface area contributed by atoms with Gasteiger partial charge in [-0.3, -0.25) is 9.69 Å². The minimum absolute atomic E-state index is 0.0970. The predicted octanol–water partition coefficient (Wildman–Crippen LogP) is 4.93. The van der Waals surface area contributed by atoms with E-state index in [1.807, 2.05) is 13.1 Å². The lowest BCUT2D eigenvalue weighted by atomic mass is 9.13. The molecule has 0 aliphatic carbocycles. The maximum absolute atomic E-state index is 12.3. The van der Waals surface area contributed by atoms with Crippen molar-refractivity contribution < 1.29 is 19.1 Å². The molecule has 0 aromatic heterocycles. The van der Waals surface area contributed by atoms with Crippen LogP contribution in [0.5, 0.6) is 0 Å². The summed E-state index contributed by atoms with van der Waals surface area (Å²) < 4.78 is 10.6. The monoisotopic (exact) mass is 622 g/mol. The van der Waals surface area contributed by atoms with Crippen LogP contribution in [-0.4, -0.2) is 55.3 Å². The highest BCUT2D eigenvalue weighted by Gasteiger charge is 2.51. The highest BCUT2D eigenvalue weighted by atomic mass is 16.6. The quantitative estimate of drug-likeness (QED) is 0.190. The molecule has 5 nitrogen and oxygen atoms in total. The van der Waals surface area contributed by atoms with Gasteiger partial charge in [0.05, 0.1) is 12.7 Å². The van der Waals surface area contributed by atoms with Gasteiger partial charge in [0.25, 0.3) is 0 Å². The zero-order chi connectivity index (χ0) is 32.6. The van der Waals surface area contributed by atoms with Crippen molar-refractivity contribution in [3.8, 4) is 0 Å². The van der Waals surface area contributed by atoms with E-state index >= 15 is 0 Å². The molecule has 6 heteroatoms.